The van der Waals surface area contributed by atoms with E-state index in [2.05, 4.69) is 29.6 Å². The van der Waals surface area contributed by atoms with E-state index in [1.807, 2.05) is 0 Å². The fourth-order valence-corrected chi connectivity index (χ4v) is 3.03. The zero-order valence-electron chi connectivity index (χ0n) is 8.55. The van der Waals surface area contributed by atoms with Crippen LogP contribution in [-0.2, 0) is 12.8 Å². The van der Waals surface area contributed by atoms with Crippen molar-refractivity contribution in [1.82, 2.24) is 5.32 Å². The third-order valence-electron chi connectivity index (χ3n) is 3.85. The van der Waals surface area contributed by atoms with Crippen molar-refractivity contribution in [1.29, 1.82) is 0 Å². The first-order chi connectivity index (χ1) is 6.88. The molecule has 1 nitrogen and oxygen atoms in total. The Balaban J connectivity index is 1.92. The molecule has 2 aliphatic rings. The van der Waals surface area contributed by atoms with Crippen LogP contribution in [0.1, 0.15) is 30.4 Å². The third kappa shape index (κ3) is 1.27. The van der Waals surface area contributed by atoms with Crippen LogP contribution in [0, 0.1) is 0 Å². The molecule has 1 unspecified atom stereocenters. The first kappa shape index (κ1) is 8.49. The highest BCUT2D eigenvalue weighted by Gasteiger charge is 2.36. The fourth-order valence-electron chi connectivity index (χ4n) is 3.03. The Morgan fingerprint density at radius 1 is 1.07 bits per heavy atom. The second-order valence-electron chi connectivity index (χ2n) is 4.76. The van der Waals surface area contributed by atoms with Crippen molar-refractivity contribution < 1.29 is 0 Å². The molecule has 74 valence electrons. The summed E-state index contributed by atoms with van der Waals surface area (Å²) in [4.78, 5) is 0. The second kappa shape index (κ2) is 3.09. The van der Waals surface area contributed by atoms with E-state index in [4.69, 9.17) is 0 Å². The standard InChI is InChI=1S/C13H17N/c1-2-5-12-10-13(7-3-9-14-13)8-6-11(12)4-1/h1-2,4-5,14H,3,6-10H2. The van der Waals surface area contributed by atoms with Gasteiger partial charge >= 0.3 is 0 Å². The molecule has 0 aromatic heterocycles. The highest BCUT2D eigenvalue weighted by Crippen LogP contribution is 2.34. The molecular weight excluding hydrogens is 170 g/mol. The molecule has 14 heavy (non-hydrogen) atoms. The molecule has 0 saturated carbocycles. The summed E-state index contributed by atoms with van der Waals surface area (Å²) in [5, 5.41) is 3.71. The highest BCUT2D eigenvalue weighted by atomic mass is 15.0. The van der Waals surface area contributed by atoms with E-state index in [0.717, 1.165) is 0 Å². The summed E-state index contributed by atoms with van der Waals surface area (Å²) in [5.41, 5.74) is 3.62. The largest absolute Gasteiger partial charge is 0.311 e. The van der Waals surface area contributed by atoms with Crippen molar-refractivity contribution in [3.63, 3.8) is 0 Å². The summed E-state index contributed by atoms with van der Waals surface area (Å²) >= 11 is 0. The van der Waals surface area contributed by atoms with Crippen molar-refractivity contribution in [3.8, 4) is 0 Å². The van der Waals surface area contributed by atoms with Crippen LogP contribution in [-0.4, -0.2) is 12.1 Å². The minimum atomic E-state index is 0.467. The van der Waals surface area contributed by atoms with Crippen molar-refractivity contribution in [3.05, 3.63) is 35.4 Å². The Hall–Kier alpha value is -0.820. The Bertz CT molecular complexity index is 337. The molecule has 1 N–H and O–H groups in total. The molecule has 0 radical (unpaired) electrons. The van der Waals surface area contributed by atoms with Crippen LogP contribution < -0.4 is 5.32 Å². The monoisotopic (exact) mass is 187 g/mol. The van der Waals surface area contributed by atoms with Gasteiger partial charge in [-0.05, 0) is 49.8 Å². The van der Waals surface area contributed by atoms with Gasteiger partial charge in [0.2, 0.25) is 0 Å². The van der Waals surface area contributed by atoms with Crippen LogP contribution in [0.5, 0.6) is 0 Å². The lowest BCUT2D eigenvalue weighted by Gasteiger charge is -2.35. The van der Waals surface area contributed by atoms with E-state index in [1.54, 1.807) is 11.1 Å². The Morgan fingerprint density at radius 2 is 1.93 bits per heavy atom. The minimum Gasteiger partial charge on any atom is -0.311 e. The maximum atomic E-state index is 3.71. The fraction of sp³-hybridized carbons (Fsp3) is 0.538. The smallest absolute Gasteiger partial charge is 0.0225 e. The number of nitrogens with one attached hydrogen (secondary N) is 1. The molecular formula is C13H17N. The highest BCUT2D eigenvalue weighted by molar-refractivity contribution is 5.32. The van der Waals surface area contributed by atoms with Gasteiger partial charge in [0.25, 0.3) is 0 Å². The summed E-state index contributed by atoms with van der Waals surface area (Å²) in [6.07, 6.45) is 6.60. The molecule has 1 aromatic carbocycles. The van der Waals surface area contributed by atoms with Crippen LogP contribution >= 0.6 is 0 Å². The normalized spacial score (nSPS) is 30.6. The molecule has 1 aliphatic heterocycles. The minimum absolute atomic E-state index is 0.467. The average molecular weight is 187 g/mol. The van der Waals surface area contributed by atoms with Gasteiger partial charge in [-0.25, -0.2) is 0 Å². The number of aryl methyl sites for hydroxylation is 1. The zero-order chi connectivity index (χ0) is 9.43. The summed E-state index contributed by atoms with van der Waals surface area (Å²) in [5.74, 6) is 0. The maximum absolute atomic E-state index is 3.71. The summed E-state index contributed by atoms with van der Waals surface area (Å²) in [6, 6.07) is 8.93. The van der Waals surface area contributed by atoms with E-state index in [1.165, 1.54) is 38.6 Å². The Labute approximate surface area is 85.5 Å². The van der Waals surface area contributed by atoms with Crippen molar-refractivity contribution in [2.75, 3.05) is 6.54 Å². The van der Waals surface area contributed by atoms with Gasteiger partial charge in [0, 0.05) is 5.54 Å². The number of hydrogen-bond donors (Lipinski definition) is 1. The second-order valence-corrected chi connectivity index (χ2v) is 4.76. The van der Waals surface area contributed by atoms with E-state index in [0.29, 0.717) is 5.54 Å². The molecule has 1 heterocycles. The molecule has 1 saturated heterocycles. The lowest BCUT2D eigenvalue weighted by molar-refractivity contribution is 0.330. The predicted octanol–water partition coefficient (Wildman–Crippen LogP) is 2.30. The van der Waals surface area contributed by atoms with Crippen LogP contribution in [0.2, 0.25) is 0 Å². The van der Waals surface area contributed by atoms with Crippen molar-refractivity contribution >= 4 is 0 Å². The van der Waals surface area contributed by atoms with Crippen LogP contribution in [0.25, 0.3) is 0 Å². The average Bonchev–Trinajstić information content (AvgIpc) is 2.66. The zero-order valence-corrected chi connectivity index (χ0v) is 8.55. The van der Waals surface area contributed by atoms with E-state index in [-0.39, 0.29) is 0 Å². The molecule has 1 aromatic rings. The van der Waals surface area contributed by atoms with E-state index >= 15 is 0 Å². The molecule has 0 bridgehead atoms. The summed E-state index contributed by atoms with van der Waals surface area (Å²) < 4.78 is 0. The van der Waals surface area contributed by atoms with Crippen LogP contribution in [0.15, 0.2) is 24.3 Å². The lowest BCUT2D eigenvalue weighted by Crippen LogP contribution is -2.44. The molecule has 1 atom stereocenters. The third-order valence-corrected chi connectivity index (χ3v) is 3.85. The van der Waals surface area contributed by atoms with Gasteiger partial charge in [-0.2, -0.15) is 0 Å². The van der Waals surface area contributed by atoms with Gasteiger partial charge < -0.3 is 5.32 Å². The quantitative estimate of drug-likeness (QED) is 0.657. The van der Waals surface area contributed by atoms with E-state index < -0.39 is 0 Å². The van der Waals surface area contributed by atoms with Gasteiger partial charge in [-0.3, -0.25) is 0 Å². The Morgan fingerprint density at radius 3 is 2.71 bits per heavy atom. The molecule has 1 heteroatoms. The van der Waals surface area contributed by atoms with Gasteiger partial charge in [-0.1, -0.05) is 24.3 Å². The molecule has 1 spiro atoms. The van der Waals surface area contributed by atoms with Gasteiger partial charge in [-0.15, -0.1) is 0 Å². The first-order valence-corrected chi connectivity index (χ1v) is 5.70. The molecule has 1 fully saturated rings. The van der Waals surface area contributed by atoms with Crippen molar-refractivity contribution in [2.45, 2.75) is 37.6 Å². The van der Waals surface area contributed by atoms with Crippen LogP contribution in [0.3, 0.4) is 0 Å². The lowest BCUT2D eigenvalue weighted by atomic mass is 9.77. The van der Waals surface area contributed by atoms with Crippen molar-refractivity contribution in [2.24, 2.45) is 0 Å². The molecule has 0 amide bonds. The number of hydrogen-bond acceptors (Lipinski definition) is 1. The number of fused-ring (bicyclic) bond motifs is 1. The SMILES string of the molecule is c1ccc2c(c1)CCC1(CCCN1)C2. The first-order valence-electron chi connectivity index (χ1n) is 5.70. The number of rotatable bonds is 0. The maximum Gasteiger partial charge on any atom is 0.0225 e. The topological polar surface area (TPSA) is 12.0 Å². The van der Waals surface area contributed by atoms with Gasteiger partial charge in [0.15, 0.2) is 0 Å². The number of benzene rings is 1. The summed E-state index contributed by atoms with van der Waals surface area (Å²) in [7, 11) is 0. The van der Waals surface area contributed by atoms with Crippen LogP contribution in [0.4, 0.5) is 0 Å². The molecule has 1 aliphatic carbocycles. The Kier molecular flexibility index (Phi) is 1.88. The van der Waals surface area contributed by atoms with Gasteiger partial charge in [0.1, 0.15) is 0 Å². The summed E-state index contributed by atoms with van der Waals surface area (Å²) in [6.45, 7) is 1.22. The molecule has 3 rings (SSSR count). The predicted molar refractivity (Wildman–Crippen MR) is 58.4 cm³/mol. The van der Waals surface area contributed by atoms with E-state index in [9.17, 15) is 0 Å². The van der Waals surface area contributed by atoms with Gasteiger partial charge in [0.05, 0.1) is 0 Å².